The molecule has 1 N–H and O–H groups in total. The molecule has 2 bridgehead atoms. The van der Waals surface area contributed by atoms with Gasteiger partial charge in [0.25, 0.3) is 0 Å². The quantitative estimate of drug-likeness (QED) is 0.262. The minimum Gasteiger partial charge on any atom is -0.324 e. The Hall–Kier alpha value is -2.67. The zero-order valence-corrected chi connectivity index (χ0v) is 25.0. The number of amides is 3. The summed E-state index contributed by atoms with van der Waals surface area (Å²) < 4.78 is 0.932. The summed E-state index contributed by atoms with van der Waals surface area (Å²) in [7, 11) is 0. The van der Waals surface area contributed by atoms with Gasteiger partial charge in [-0.05, 0) is 65.3 Å². The third kappa shape index (κ3) is 3.34. The van der Waals surface area contributed by atoms with Crippen LogP contribution in [0.15, 0.2) is 65.1 Å². The van der Waals surface area contributed by atoms with Crippen molar-refractivity contribution >= 4 is 62.5 Å². The Balaban J connectivity index is 1.47. The van der Waals surface area contributed by atoms with Crippen LogP contribution in [0.25, 0.3) is 0 Å². The molecule has 1 heterocycles. The number of likely N-dealkylation sites (tertiary alicyclic amines) is 1. The fourth-order valence-corrected chi connectivity index (χ4v) is 8.34. The van der Waals surface area contributed by atoms with Gasteiger partial charge >= 0.3 is 0 Å². The maximum absolute atomic E-state index is 14.4. The summed E-state index contributed by atoms with van der Waals surface area (Å²) in [5.74, 6) is -3.60. The van der Waals surface area contributed by atoms with Gasteiger partial charge in [0.15, 0.2) is 0 Å². The van der Waals surface area contributed by atoms with E-state index in [9.17, 15) is 14.4 Å². The van der Waals surface area contributed by atoms with Gasteiger partial charge in [-0.1, -0.05) is 78.3 Å². The van der Waals surface area contributed by atoms with Crippen molar-refractivity contribution in [2.24, 2.45) is 17.8 Å². The average Bonchev–Trinajstić information content (AvgIpc) is 3.18. The summed E-state index contributed by atoms with van der Waals surface area (Å²) in [5, 5.41) is 2.98. The van der Waals surface area contributed by atoms with Crippen molar-refractivity contribution in [1.82, 2.24) is 4.90 Å². The molecule has 3 atom stereocenters. The lowest BCUT2D eigenvalue weighted by Gasteiger charge is -2.54. The van der Waals surface area contributed by atoms with E-state index in [4.69, 9.17) is 23.2 Å². The lowest BCUT2D eigenvalue weighted by molar-refractivity contribution is -0.148. The van der Waals surface area contributed by atoms with Crippen molar-refractivity contribution in [2.75, 3.05) is 5.32 Å². The van der Waals surface area contributed by atoms with E-state index in [1.165, 1.54) is 0 Å². The number of nitrogens with one attached hydrogen (secondary N) is 1. The van der Waals surface area contributed by atoms with E-state index in [-0.39, 0.29) is 5.92 Å². The van der Waals surface area contributed by atoms with Gasteiger partial charge in [-0.2, -0.15) is 0 Å². The Morgan fingerprint density at radius 2 is 1.26 bits per heavy atom. The molecule has 0 saturated carbocycles. The molecule has 1 aliphatic heterocycles. The Labute approximate surface area is 246 Å². The molecule has 3 amide bonds. The van der Waals surface area contributed by atoms with E-state index >= 15 is 0 Å². The summed E-state index contributed by atoms with van der Waals surface area (Å²) in [6.07, 6.45) is 0. The summed E-state index contributed by atoms with van der Waals surface area (Å²) in [6, 6.07) is 17.7. The number of carbonyl (C=O) groups excluding carboxylic acids is 3. The number of rotatable bonds is 4. The normalized spacial score (nSPS) is 27.3. The molecule has 3 aliphatic carbocycles. The molecule has 39 heavy (non-hydrogen) atoms. The molecular weight excluding hydrogens is 599 g/mol. The fourth-order valence-electron chi connectivity index (χ4n) is 6.81. The van der Waals surface area contributed by atoms with Crippen LogP contribution in [0.2, 0.25) is 0 Å². The zero-order valence-electron chi connectivity index (χ0n) is 21.9. The van der Waals surface area contributed by atoms with Crippen LogP contribution >= 0.6 is 39.1 Å². The summed E-state index contributed by atoms with van der Waals surface area (Å²) in [4.78, 5) is 41.1. The molecule has 1 fully saturated rings. The average molecular weight is 626 g/mol. The summed E-state index contributed by atoms with van der Waals surface area (Å²) in [6.45, 7) is 7.54. The van der Waals surface area contributed by atoms with E-state index in [0.717, 1.165) is 42.8 Å². The molecule has 0 aromatic heterocycles. The van der Waals surface area contributed by atoms with Crippen molar-refractivity contribution in [2.45, 2.75) is 43.5 Å². The number of imide groups is 1. The van der Waals surface area contributed by atoms with Gasteiger partial charge in [0, 0.05) is 10.2 Å². The number of benzene rings is 3. The van der Waals surface area contributed by atoms with Gasteiger partial charge in [-0.15, -0.1) is 23.2 Å². The molecule has 0 radical (unpaired) electrons. The van der Waals surface area contributed by atoms with Gasteiger partial charge in [0.1, 0.15) is 15.8 Å². The zero-order chi connectivity index (χ0) is 28.0. The number of halogens is 3. The first-order valence-corrected chi connectivity index (χ1v) is 14.5. The van der Waals surface area contributed by atoms with Crippen molar-refractivity contribution in [3.05, 3.63) is 98.5 Å². The summed E-state index contributed by atoms with van der Waals surface area (Å²) >= 11 is 18.6. The van der Waals surface area contributed by atoms with Crippen molar-refractivity contribution in [1.29, 1.82) is 0 Å². The number of carbonyl (C=O) groups is 3. The molecule has 200 valence electrons. The predicted molar refractivity (Wildman–Crippen MR) is 156 cm³/mol. The highest BCUT2D eigenvalue weighted by atomic mass is 79.9. The highest BCUT2D eigenvalue weighted by molar-refractivity contribution is 9.10. The number of alkyl halides is 2. The third-order valence-electron chi connectivity index (χ3n) is 8.78. The molecule has 1 saturated heterocycles. The van der Waals surface area contributed by atoms with Crippen LogP contribution in [-0.4, -0.2) is 28.7 Å². The van der Waals surface area contributed by atoms with Gasteiger partial charge < -0.3 is 5.32 Å². The molecule has 3 aromatic carbocycles. The largest absolute Gasteiger partial charge is 0.324 e. The lowest BCUT2D eigenvalue weighted by atomic mass is 9.54. The number of nitrogens with zero attached hydrogens (tertiary/aromatic N) is 1. The molecular formula is C31H27BrCl2N2O3. The standard InChI is InChI=1S/C31H27BrCl2N2O3/c1-15(2)26(27(37)35-23-14-13-22(32)16(3)17(23)4)36-28(38)24-25(29(36)39)31(34)19-10-6-5-9-18(19)30(24,33)20-11-7-8-12-21(20)31/h5-15,24-26H,1-4H3,(H,35,37)/t24-,25-,26+,30?,31?/m1/s1. The molecule has 0 unspecified atom stereocenters. The van der Waals surface area contributed by atoms with Crippen molar-refractivity contribution in [3.8, 4) is 0 Å². The topological polar surface area (TPSA) is 66.5 Å². The van der Waals surface area contributed by atoms with Crippen LogP contribution in [0.4, 0.5) is 5.69 Å². The molecule has 7 rings (SSSR count). The lowest BCUT2D eigenvalue weighted by Crippen LogP contribution is -2.57. The first-order chi connectivity index (χ1) is 18.5. The third-order valence-corrected chi connectivity index (χ3v) is 10.9. The highest BCUT2D eigenvalue weighted by Gasteiger charge is 2.73. The van der Waals surface area contributed by atoms with E-state index in [1.807, 2.05) is 88.4 Å². The maximum Gasteiger partial charge on any atom is 0.247 e. The summed E-state index contributed by atoms with van der Waals surface area (Å²) in [5.41, 5.74) is 5.45. The van der Waals surface area contributed by atoms with Gasteiger partial charge in [-0.3, -0.25) is 19.3 Å². The smallest absolute Gasteiger partial charge is 0.247 e. The van der Waals surface area contributed by atoms with Crippen LogP contribution in [0.1, 0.15) is 47.2 Å². The molecule has 8 heteroatoms. The second kappa shape index (κ2) is 8.92. The van der Waals surface area contributed by atoms with E-state index in [0.29, 0.717) is 5.69 Å². The predicted octanol–water partition coefficient (Wildman–Crippen LogP) is 6.62. The monoisotopic (exact) mass is 624 g/mol. The SMILES string of the molecule is Cc1c(Br)ccc(NC(=O)[C@H](C(C)C)N2C(=O)[C@H]3[C@H](C2=O)C2(Cl)c4ccccc4C3(Cl)c3ccccc32)c1C. The Bertz CT molecular complexity index is 1460. The van der Waals surface area contributed by atoms with Crippen LogP contribution in [0, 0.1) is 31.6 Å². The molecule has 3 aromatic rings. The minimum atomic E-state index is -1.28. The van der Waals surface area contributed by atoms with Crippen LogP contribution in [0.5, 0.6) is 0 Å². The van der Waals surface area contributed by atoms with Crippen LogP contribution in [0.3, 0.4) is 0 Å². The number of hydrogen-bond acceptors (Lipinski definition) is 3. The fraction of sp³-hybridized carbons (Fsp3) is 0.323. The maximum atomic E-state index is 14.4. The Kier molecular flexibility index (Phi) is 6.07. The van der Waals surface area contributed by atoms with Crippen LogP contribution < -0.4 is 5.32 Å². The molecule has 5 nitrogen and oxygen atoms in total. The van der Waals surface area contributed by atoms with Gasteiger partial charge in [-0.25, -0.2) is 0 Å². The minimum absolute atomic E-state index is 0.352. The second-order valence-corrected chi connectivity index (χ2v) is 13.1. The number of anilines is 1. The second-order valence-electron chi connectivity index (χ2n) is 11.0. The van der Waals surface area contributed by atoms with Gasteiger partial charge in [0.05, 0.1) is 11.8 Å². The highest BCUT2D eigenvalue weighted by Crippen LogP contribution is 2.69. The van der Waals surface area contributed by atoms with Crippen molar-refractivity contribution < 1.29 is 14.4 Å². The van der Waals surface area contributed by atoms with E-state index in [1.54, 1.807) is 0 Å². The van der Waals surface area contributed by atoms with E-state index in [2.05, 4.69) is 21.2 Å². The Morgan fingerprint density at radius 3 is 1.67 bits per heavy atom. The first-order valence-electron chi connectivity index (χ1n) is 13.0. The van der Waals surface area contributed by atoms with Gasteiger partial charge in [0.2, 0.25) is 17.7 Å². The van der Waals surface area contributed by atoms with Crippen molar-refractivity contribution in [3.63, 3.8) is 0 Å². The van der Waals surface area contributed by atoms with E-state index < -0.39 is 45.3 Å². The number of hydrogen-bond donors (Lipinski definition) is 1. The Morgan fingerprint density at radius 1 is 0.821 bits per heavy atom. The van der Waals surface area contributed by atoms with Crippen LogP contribution in [-0.2, 0) is 24.1 Å². The molecule has 4 aliphatic rings. The first kappa shape index (κ1) is 26.5. The molecule has 0 spiro atoms.